The van der Waals surface area contributed by atoms with Gasteiger partial charge in [0.05, 0.1) is 0 Å². The molecule has 1 aromatic rings. The van der Waals surface area contributed by atoms with Gasteiger partial charge in [-0.05, 0) is 79.9 Å². The molecule has 0 unspecified atom stereocenters. The molecule has 0 radical (unpaired) electrons. The van der Waals surface area contributed by atoms with Crippen LogP contribution in [0.4, 0.5) is 0 Å². The molecule has 0 aromatic heterocycles. The van der Waals surface area contributed by atoms with Gasteiger partial charge >= 0.3 is 0 Å². The highest BCUT2D eigenvalue weighted by molar-refractivity contribution is 9.10. The highest BCUT2D eigenvalue weighted by atomic mass is 79.9. The second kappa shape index (κ2) is 6.64. The first-order valence-corrected chi connectivity index (χ1v) is 9.27. The van der Waals surface area contributed by atoms with E-state index in [0.717, 1.165) is 23.7 Å². The van der Waals surface area contributed by atoms with Crippen molar-refractivity contribution in [3.05, 3.63) is 34.3 Å². The molecule has 110 valence electrons. The van der Waals surface area contributed by atoms with E-state index in [0.29, 0.717) is 0 Å². The minimum absolute atomic E-state index is 0.821. The molecule has 20 heavy (non-hydrogen) atoms. The molecule has 2 aliphatic rings. The van der Waals surface area contributed by atoms with Crippen LogP contribution in [0.5, 0.6) is 0 Å². The van der Waals surface area contributed by atoms with Crippen molar-refractivity contribution < 1.29 is 0 Å². The summed E-state index contributed by atoms with van der Waals surface area (Å²) in [6.07, 6.45) is 11.8. The molecule has 3 rings (SSSR count). The molecule has 0 bridgehead atoms. The van der Waals surface area contributed by atoms with E-state index >= 15 is 0 Å². The van der Waals surface area contributed by atoms with Gasteiger partial charge in [0, 0.05) is 4.47 Å². The zero-order valence-electron chi connectivity index (χ0n) is 12.7. The Morgan fingerprint density at radius 3 is 1.80 bits per heavy atom. The third-order valence-electron chi connectivity index (χ3n) is 5.84. The monoisotopic (exact) mass is 334 g/mol. The van der Waals surface area contributed by atoms with Gasteiger partial charge < -0.3 is 0 Å². The van der Waals surface area contributed by atoms with Crippen LogP contribution in [-0.4, -0.2) is 0 Å². The average Bonchev–Trinajstić information content (AvgIpc) is 2.49. The van der Waals surface area contributed by atoms with E-state index in [1.165, 1.54) is 55.8 Å². The topological polar surface area (TPSA) is 0 Å². The van der Waals surface area contributed by atoms with Crippen LogP contribution >= 0.6 is 15.9 Å². The number of rotatable bonds is 2. The van der Waals surface area contributed by atoms with Crippen LogP contribution in [0.25, 0.3) is 0 Å². The quantitative estimate of drug-likeness (QED) is 0.575. The molecule has 0 atom stereocenters. The fraction of sp³-hybridized carbons (Fsp3) is 0.684. The number of halogens is 1. The Labute approximate surface area is 132 Å². The van der Waals surface area contributed by atoms with Gasteiger partial charge in [0.2, 0.25) is 0 Å². The van der Waals surface area contributed by atoms with Gasteiger partial charge in [-0.2, -0.15) is 0 Å². The lowest BCUT2D eigenvalue weighted by atomic mass is 9.68. The molecule has 0 saturated heterocycles. The Balaban J connectivity index is 1.53. The molecule has 0 heterocycles. The molecule has 2 fully saturated rings. The number of hydrogen-bond donors (Lipinski definition) is 0. The minimum atomic E-state index is 0.821. The lowest BCUT2D eigenvalue weighted by Crippen LogP contribution is -2.24. The van der Waals surface area contributed by atoms with Gasteiger partial charge in [-0.15, -0.1) is 0 Å². The summed E-state index contributed by atoms with van der Waals surface area (Å²) in [5.74, 6) is 3.90. The minimum Gasteiger partial charge on any atom is -0.0625 e. The maximum Gasteiger partial charge on any atom is 0.0175 e. The van der Waals surface area contributed by atoms with Crippen LogP contribution in [-0.2, 0) is 0 Å². The van der Waals surface area contributed by atoms with Gasteiger partial charge in [-0.25, -0.2) is 0 Å². The summed E-state index contributed by atoms with van der Waals surface area (Å²) in [5, 5.41) is 0. The van der Waals surface area contributed by atoms with E-state index in [1.54, 1.807) is 5.56 Å². The fourth-order valence-electron chi connectivity index (χ4n) is 4.42. The van der Waals surface area contributed by atoms with Crippen molar-refractivity contribution in [1.29, 1.82) is 0 Å². The largest absolute Gasteiger partial charge is 0.0625 e. The maximum absolute atomic E-state index is 3.54. The number of benzene rings is 1. The maximum atomic E-state index is 3.54. The zero-order valence-corrected chi connectivity index (χ0v) is 14.2. The van der Waals surface area contributed by atoms with Crippen molar-refractivity contribution in [2.24, 2.45) is 17.8 Å². The molecule has 0 N–H and O–H groups in total. The van der Waals surface area contributed by atoms with E-state index in [4.69, 9.17) is 0 Å². The van der Waals surface area contributed by atoms with Crippen LogP contribution in [0.3, 0.4) is 0 Å². The third kappa shape index (κ3) is 3.47. The first kappa shape index (κ1) is 14.6. The molecule has 1 aromatic carbocycles. The Hall–Kier alpha value is -0.300. The Morgan fingerprint density at radius 1 is 0.750 bits per heavy atom. The zero-order chi connectivity index (χ0) is 13.9. The highest BCUT2D eigenvalue weighted by Gasteiger charge is 2.30. The lowest BCUT2D eigenvalue weighted by molar-refractivity contribution is 0.165. The normalized spacial score (nSPS) is 34.9. The van der Waals surface area contributed by atoms with Crippen LogP contribution in [0.1, 0.15) is 69.8 Å². The summed E-state index contributed by atoms with van der Waals surface area (Å²) in [6, 6.07) is 9.03. The fourth-order valence-corrected chi connectivity index (χ4v) is 4.68. The van der Waals surface area contributed by atoms with Crippen LogP contribution in [0, 0.1) is 17.8 Å². The van der Waals surface area contributed by atoms with Gasteiger partial charge in [-0.3, -0.25) is 0 Å². The molecule has 2 saturated carbocycles. The average molecular weight is 335 g/mol. The first-order valence-electron chi connectivity index (χ1n) is 8.48. The van der Waals surface area contributed by atoms with Crippen LogP contribution in [0.15, 0.2) is 28.7 Å². The summed E-state index contributed by atoms with van der Waals surface area (Å²) in [5.41, 5.74) is 1.56. The summed E-state index contributed by atoms with van der Waals surface area (Å²) >= 11 is 3.54. The summed E-state index contributed by atoms with van der Waals surface area (Å²) in [6.45, 7) is 2.43. The van der Waals surface area contributed by atoms with Crippen molar-refractivity contribution in [3.63, 3.8) is 0 Å². The second-order valence-electron chi connectivity index (χ2n) is 7.18. The van der Waals surface area contributed by atoms with Gasteiger partial charge in [-0.1, -0.05) is 47.8 Å². The molecule has 1 heteroatoms. The van der Waals surface area contributed by atoms with Crippen molar-refractivity contribution in [2.75, 3.05) is 0 Å². The second-order valence-corrected chi connectivity index (χ2v) is 8.10. The molecule has 2 aliphatic carbocycles. The Morgan fingerprint density at radius 2 is 1.25 bits per heavy atom. The third-order valence-corrected chi connectivity index (χ3v) is 6.37. The molecular formula is C19H27Br. The Kier molecular flexibility index (Phi) is 4.86. The van der Waals surface area contributed by atoms with Crippen LogP contribution < -0.4 is 0 Å². The van der Waals surface area contributed by atoms with Gasteiger partial charge in [0.1, 0.15) is 0 Å². The van der Waals surface area contributed by atoms with Crippen molar-refractivity contribution in [3.8, 4) is 0 Å². The lowest BCUT2D eigenvalue weighted by Gasteiger charge is -2.37. The van der Waals surface area contributed by atoms with E-state index in [2.05, 4.69) is 47.1 Å². The van der Waals surface area contributed by atoms with E-state index in [9.17, 15) is 0 Å². The predicted molar refractivity (Wildman–Crippen MR) is 90.0 cm³/mol. The molecule has 0 nitrogen and oxygen atoms in total. The van der Waals surface area contributed by atoms with E-state index in [1.807, 2.05) is 0 Å². The summed E-state index contributed by atoms with van der Waals surface area (Å²) in [4.78, 5) is 0. The van der Waals surface area contributed by atoms with E-state index < -0.39 is 0 Å². The SMILES string of the molecule is C[C@H]1CC[C@H]([C@H]2CC[C@H](c3ccc(Br)cc3)CC2)CC1. The standard InChI is InChI=1S/C19H27Br/c1-14-2-4-15(5-3-14)16-6-8-17(9-7-16)18-10-12-19(20)13-11-18/h10-17H,2-9H2,1H3/t14-,15-,16-,17-. The predicted octanol–water partition coefficient (Wildman–Crippen LogP) is 6.55. The summed E-state index contributed by atoms with van der Waals surface area (Å²) in [7, 11) is 0. The Bertz CT molecular complexity index is 406. The number of hydrogen-bond acceptors (Lipinski definition) is 0. The van der Waals surface area contributed by atoms with Gasteiger partial charge in [0.25, 0.3) is 0 Å². The van der Waals surface area contributed by atoms with E-state index in [-0.39, 0.29) is 0 Å². The molecule has 0 amide bonds. The molecule has 0 spiro atoms. The molecule has 0 aliphatic heterocycles. The smallest absolute Gasteiger partial charge is 0.0175 e. The van der Waals surface area contributed by atoms with Gasteiger partial charge in [0.15, 0.2) is 0 Å². The van der Waals surface area contributed by atoms with Crippen LogP contribution in [0.2, 0.25) is 0 Å². The summed E-state index contributed by atoms with van der Waals surface area (Å²) < 4.78 is 1.20. The molecular weight excluding hydrogens is 308 g/mol. The first-order chi connectivity index (χ1) is 9.72. The highest BCUT2D eigenvalue weighted by Crippen LogP contribution is 2.43. The van der Waals surface area contributed by atoms with Crippen molar-refractivity contribution in [1.82, 2.24) is 0 Å². The van der Waals surface area contributed by atoms with Crippen molar-refractivity contribution >= 4 is 15.9 Å². The van der Waals surface area contributed by atoms with Crippen molar-refractivity contribution in [2.45, 2.75) is 64.2 Å².